The van der Waals surface area contributed by atoms with E-state index in [0.717, 1.165) is 5.65 Å². The molecule has 2 amide bonds. The first kappa shape index (κ1) is 14.7. The molecule has 0 bridgehead atoms. The Kier molecular flexibility index (Phi) is 3.64. The highest BCUT2D eigenvalue weighted by molar-refractivity contribution is 5.88. The third kappa shape index (κ3) is 2.82. The minimum Gasteiger partial charge on any atom is -0.331 e. The molecule has 3 aromatic rings. The highest BCUT2D eigenvalue weighted by atomic mass is 16.2. The number of carbonyl (C=O) groups is 1. The number of nitrogens with one attached hydrogen (secondary N) is 2. The van der Waals surface area contributed by atoms with Crippen molar-refractivity contribution in [2.24, 2.45) is 5.92 Å². The molecule has 0 saturated heterocycles. The molecule has 4 rings (SSSR count). The smallest absolute Gasteiger partial charge is 0.320 e. The summed E-state index contributed by atoms with van der Waals surface area (Å²) < 4.78 is 3.73. The Bertz CT molecular complexity index is 864. The fraction of sp³-hybridized carbons (Fsp3) is 0.375. The van der Waals surface area contributed by atoms with Gasteiger partial charge < -0.3 is 5.32 Å². The first-order valence-electron chi connectivity index (χ1n) is 8.09. The van der Waals surface area contributed by atoms with Crippen LogP contribution in [0, 0.1) is 5.92 Å². The normalized spacial score (nSPS) is 15.4. The largest absolute Gasteiger partial charge is 0.331 e. The summed E-state index contributed by atoms with van der Waals surface area (Å²) in [6.45, 7) is 2.43. The molecular formula is C16H19N7O. The number of fused-ring (bicyclic) bond motifs is 1. The van der Waals surface area contributed by atoms with Crippen LogP contribution < -0.4 is 10.6 Å². The van der Waals surface area contributed by atoms with E-state index in [0.29, 0.717) is 30.1 Å². The third-order valence-electron chi connectivity index (χ3n) is 4.39. The molecule has 1 atom stereocenters. The Morgan fingerprint density at radius 2 is 2.21 bits per heavy atom. The van der Waals surface area contributed by atoms with Crippen LogP contribution in [0.1, 0.15) is 31.6 Å². The maximum atomic E-state index is 12.2. The third-order valence-corrected chi connectivity index (χ3v) is 4.39. The average molecular weight is 325 g/mol. The van der Waals surface area contributed by atoms with Gasteiger partial charge in [0.15, 0.2) is 11.5 Å². The van der Waals surface area contributed by atoms with Crippen LogP contribution in [-0.2, 0) is 6.54 Å². The van der Waals surface area contributed by atoms with Gasteiger partial charge in [-0.15, -0.1) is 10.2 Å². The van der Waals surface area contributed by atoms with Crippen molar-refractivity contribution in [3.8, 4) is 0 Å². The molecule has 1 saturated carbocycles. The Labute approximate surface area is 138 Å². The average Bonchev–Trinajstić information content (AvgIpc) is 3.21. The van der Waals surface area contributed by atoms with Gasteiger partial charge in [-0.2, -0.15) is 5.10 Å². The molecule has 1 aliphatic carbocycles. The van der Waals surface area contributed by atoms with Crippen LogP contribution in [0.15, 0.2) is 36.7 Å². The van der Waals surface area contributed by atoms with Crippen molar-refractivity contribution in [1.29, 1.82) is 0 Å². The molecule has 3 aromatic heterocycles. The maximum absolute atomic E-state index is 12.2. The molecule has 2 N–H and O–H groups in total. The van der Waals surface area contributed by atoms with Crippen LogP contribution in [-0.4, -0.2) is 30.4 Å². The summed E-state index contributed by atoms with van der Waals surface area (Å²) in [4.78, 5) is 12.2. The summed E-state index contributed by atoms with van der Waals surface area (Å²) >= 11 is 0. The van der Waals surface area contributed by atoms with E-state index < -0.39 is 0 Å². The first-order chi connectivity index (χ1) is 11.7. The van der Waals surface area contributed by atoms with Crippen LogP contribution in [0.3, 0.4) is 0 Å². The Morgan fingerprint density at radius 1 is 1.33 bits per heavy atom. The zero-order valence-corrected chi connectivity index (χ0v) is 13.4. The second kappa shape index (κ2) is 5.95. The van der Waals surface area contributed by atoms with E-state index in [1.807, 2.05) is 39.5 Å². The number of hydrogen-bond donors (Lipinski definition) is 2. The van der Waals surface area contributed by atoms with Gasteiger partial charge >= 0.3 is 6.03 Å². The number of anilines is 1. The summed E-state index contributed by atoms with van der Waals surface area (Å²) in [6.07, 6.45) is 6.04. The molecule has 0 aromatic carbocycles. The van der Waals surface area contributed by atoms with Crippen molar-refractivity contribution in [3.05, 3.63) is 42.5 Å². The van der Waals surface area contributed by atoms with Gasteiger partial charge in [-0.1, -0.05) is 6.07 Å². The van der Waals surface area contributed by atoms with Gasteiger partial charge in [0.25, 0.3) is 0 Å². The SMILES string of the molecule is CC(C1CC1)n1nccc1NC(=O)NCc1nnc2ccccn12. The van der Waals surface area contributed by atoms with Crippen LogP contribution in [0.4, 0.5) is 10.6 Å². The topological polar surface area (TPSA) is 89.1 Å². The zero-order chi connectivity index (χ0) is 16.5. The van der Waals surface area contributed by atoms with E-state index >= 15 is 0 Å². The second-order valence-corrected chi connectivity index (χ2v) is 6.09. The van der Waals surface area contributed by atoms with Crippen molar-refractivity contribution in [3.63, 3.8) is 0 Å². The van der Waals surface area contributed by atoms with Gasteiger partial charge in [-0.25, -0.2) is 9.48 Å². The predicted molar refractivity (Wildman–Crippen MR) is 88.5 cm³/mol. The zero-order valence-electron chi connectivity index (χ0n) is 13.4. The first-order valence-corrected chi connectivity index (χ1v) is 8.09. The second-order valence-electron chi connectivity index (χ2n) is 6.09. The van der Waals surface area contributed by atoms with E-state index in [-0.39, 0.29) is 6.03 Å². The summed E-state index contributed by atoms with van der Waals surface area (Å²) in [6, 6.07) is 7.50. The molecule has 0 radical (unpaired) electrons. The minimum atomic E-state index is -0.285. The summed E-state index contributed by atoms with van der Waals surface area (Å²) in [5, 5.41) is 18.2. The summed E-state index contributed by atoms with van der Waals surface area (Å²) in [5.74, 6) is 2.05. The number of amides is 2. The van der Waals surface area contributed by atoms with Crippen LogP contribution in [0.25, 0.3) is 5.65 Å². The number of nitrogens with zero attached hydrogens (tertiary/aromatic N) is 5. The lowest BCUT2D eigenvalue weighted by Gasteiger charge is -2.15. The maximum Gasteiger partial charge on any atom is 0.320 e. The predicted octanol–water partition coefficient (Wildman–Crippen LogP) is 2.22. The molecule has 1 fully saturated rings. The van der Waals surface area contributed by atoms with Gasteiger partial charge in [0.1, 0.15) is 5.82 Å². The quantitative estimate of drug-likeness (QED) is 0.753. The van der Waals surface area contributed by atoms with E-state index in [1.54, 1.807) is 6.20 Å². The van der Waals surface area contributed by atoms with Gasteiger partial charge in [0.05, 0.1) is 18.8 Å². The Hall–Kier alpha value is -2.90. The van der Waals surface area contributed by atoms with Crippen molar-refractivity contribution in [1.82, 2.24) is 29.7 Å². The molecule has 24 heavy (non-hydrogen) atoms. The Balaban J connectivity index is 1.40. The van der Waals surface area contributed by atoms with Crippen molar-refractivity contribution in [2.45, 2.75) is 32.4 Å². The molecule has 3 heterocycles. The molecule has 8 nitrogen and oxygen atoms in total. The van der Waals surface area contributed by atoms with Gasteiger partial charge in [-0.3, -0.25) is 9.72 Å². The van der Waals surface area contributed by atoms with Crippen LogP contribution in [0.2, 0.25) is 0 Å². The standard InChI is InChI=1S/C16H19N7O/c1-11(12-5-6-12)23-13(7-8-18-23)19-16(24)17-10-15-21-20-14-4-2-3-9-22(14)15/h2-4,7-9,11-12H,5-6,10H2,1H3,(H2,17,19,24). The number of urea groups is 1. The molecule has 1 aliphatic rings. The highest BCUT2D eigenvalue weighted by Gasteiger charge is 2.30. The molecule has 0 aliphatic heterocycles. The monoisotopic (exact) mass is 325 g/mol. The van der Waals surface area contributed by atoms with Gasteiger partial charge in [0, 0.05) is 12.3 Å². The minimum absolute atomic E-state index is 0.285. The van der Waals surface area contributed by atoms with Crippen molar-refractivity contribution < 1.29 is 4.79 Å². The number of aromatic nitrogens is 5. The van der Waals surface area contributed by atoms with Gasteiger partial charge in [-0.05, 0) is 37.8 Å². The number of hydrogen-bond acceptors (Lipinski definition) is 4. The highest BCUT2D eigenvalue weighted by Crippen LogP contribution is 2.40. The van der Waals surface area contributed by atoms with Crippen molar-refractivity contribution in [2.75, 3.05) is 5.32 Å². The van der Waals surface area contributed by atoms with Crippen LogP contribution in [0.5, 0.6) is 0 Å². The molecule has 1 unspecified atom stereocenters. The number of pyridine rings is 1. The fourth-order valence-corrected chi connectivity index (χ4v) is 2.85. The lowest BCUT2D eigenvalue weighted by Crippen LogP contribution is -2.30. The molecular weight excluding hydrogens is 306 g/mol. The lowest BCUT2D eigenvalue weighted by molar-refractivity contribution is 0.251. The fourth-order valence-electron chi connectivity index (χ4n) is 2.85. The van der Waals surface area contributed by atoms with E-state index in [1.165, 1.54) is 12.8 Å². The summed E-state index contributed by atoms with van der Waals surface area (Å²) in [7, 11) is 0. The molecule has 8 heteroatoms. The van der Waals surface area contributed by atoms with Gasteiger partial charge in [0.2, 0.25) is 0 Å². The van der Waals surface area contributed by atoms with E-state index in [2.05, 4.69) is 32.9 Å². The van der Waals surface area contributed by atoms with Crippen LogP contribution >= 0.6 is 0 Å². The molecule has 0 spiro atoms. The molecule has 124 valence electrons. The van der Waals surface area contributed by atoms with E-state index in [9.17, 15) is 4.79 Å². The number of rotatable bonds is 5. The Morgan fingerprint density at radius 3 is 3.04 bits per heavy atom. The van der Waals surface area contributed by atoms with E-state index in [4.69, 9.17) is 0 Å². The van der Waals surface area contributed by atoms with Crippen molar-refractivity contribution >= 4 is 17.5 Å². The lowest BCUT2D eigenvalue weighted by atomic mass is 10.2. The summed E-state index contributed by atoms with van der Waals surface area (Å²) in [5.41, 5.74) is 0.756. The number of carbonyl (C=O) groups excluding carboxylic acids is 1.